The first-order chi connectivity index (χ1) is 6.57. The number of nitrogens with two attached hydrogens (primary N) is 1. The Morgan fingerprint density at radius 1 is 1.64 bits per heavy atom. The summed E-state index contributed by atoms with van der Waals surface area (Å²) in [5.41, 5.74) is 3.66. The molecule has 5 heteroatoms. The van der Waals surface area contributed by atoms with Crippen molar-refractivity contribution in [1.29, 1.82) is 0 Å². The van der Waals surface area contributed by atoms with Crippen LogP contribution in [0.15, 0.2) is 18.2 Å². The molecule has 0 radical (unpaired) electrons. The van der Waals surface area contributed by atoms with Crippen LogP contribution in [0.1, 0.15) is 16.4 Å². The number of rotatable bonds is 2. The molecule has 1 aromatic rings. The van der Waals surface area contributed by atoms with E-state index in [2.05, 4.69) is 18.1 Å². The van der Waals surface area contributed by atoms with E-state index in [9.17, 15) is 4.79 Å². The molecular formula is C9H11ClN2OS. The summed E-state index contributed by atoms with van der Waals surface area (Å²) < 4.78 is 0. The summed E-state index contributed by atoms with van der Waals surface area (Å²) in [6.07, 6.45) is 0. The molecule has 1 rings (SSSR count). The average molecular weight is 231 g/mol. The van der Waals surface area contributed by atoms with E-state index in [1.165, 1.54) is 0 Å². The molecule has 0 saturated heterocycles. The second-order valence-electron chi connectivity index (χ2n) is 2.87. The topological polar surface area (TPSA) is 55.1 Å². The molecule has 0 aliphatic carbocycles. The molecule has 3 N–H and O–H groups in total. The van der Waals surface area contributed by atoms with Gasteiger partial charge in [-0.1, -0.05) is 23.7 Å². The number of carbonyl (C=O) groups excluding carboxylic acids is 1. The molecule has 0 saturated carbocycles. The van der Waals surface area contributed by atoms with Crippen LogP contribution in [0, 0.1) is 6.92 Å². The third-order valence-corrected chi connectivity index (χ3v) is 2.92. The Bertz CT molecular complexity index is 357. The number of hydrogen-bond donors (Lipinski definition) is 3. The van der Waals surface area contributed by atoms with Crippen molar-refractivity contribution in [2.24, 2.45) is 5.84 Å². The maximum absolute atomic E-state index is 11.2. The van der Waals surface area contributed by atoms with Crippen molar-refractivity contribution >= 4 is 30.1 Å². The van der Waals surface area contributed by atoms with Gasteiger partial charge in [-0.2, -0.15) is 12.6 Å². The van der Waals surface area contributed by atoms with Crippen molar-refractivity contribution in [2.45, 2.75) is 12.2 Å². The monoisotopic (exact) mass is 230 g/mol. The Labute approximate surface area is 93.0 Å². The van der Waals surface area contributed by atoms with Crippen molar-refractivity contribution in [2.75, 3.05) is 0 Å². The molecule has 1 atom stereocenters. The first-order valence-corrected chi connectivity index (χ1v) is 4.91. The number of hydrazine groups is 1. The van der Waals surface area contributed by atoms with E-state index in [1.807, 2.05) is 6.92 Å². The standard InChI is InChI=1S/C9H11ClN2OS/c1-5-6(3-2-4-7(5)10)8(14)9(13)12-11/h2-4,8,14H,11H2,1H3,(H,12,13). The molecule has 0 spiro atoms. The predicted molar refractivity (Wildman–Crippen MR) is 60.2 cm³/mol. The van der Waals surface area contributed by atoms with Gasteiger partial charge in [0.25, 0.3) is 5.91 Å². The average Bonchev–Trinajstić information content (AvgIpc) is 2.20. The van der Waals surface area contributed by atoms with E-state index < -0.39 is 5.25 Å². The van der Waals surface area contributed by atoms with Gasteiger partial charge in [0.05, 0.1) is 0 Å². The molecule has 0 bridgehead atoms. The van der Waals surface area contributed by atoms with Crippen LogP contribution >= 0.6 is 24.2 Å². The molecule has 76 valence electrons. The highest BCUT2D eigenvalue weighted by atomic mass is 35.5. The smallest absolute Gasteiger partial charge is 0.251 e. The lowest BCUT2D eigenvalue weighted by atomic mass is 10.1. The van der Waals surface area contributed by atoms with Crippen molar-refractivity contribution in [3.8, 4) is 0 Å². The van der Waals surface area contributed by atoms with Crippen molar-refractivity contribution in [3.63, 3.8) is 0 Å². The van der Waals surface area contributed by atoms with Crippen molar-refractivity contribution in [1.82, 2.24) is 5.43 Å². The van der Waals surface area contributed by atoms with Gasteiger partial charge in [0.1, 0.15) is 5.25 Å². The van der Waals surface area contributed by atoms with Crippen LogP contribution in [0.5, 0.6) is 0 Å². The molecule has 0 aliphatic heterocycles. The van der Waals surface area contributed by atoms with Crippen molar-refractivity contribution in [3.05, 3.63) is 34.3 Å². The Morgan fingerprint density at radius 2 is 2.29 bits per heavy atom. The molecule has 14 heavy (non-hydrogen) atoms. The molecule has 1 unspecified atom stereocenters. The van der Waals surface area contributed by atoms with Gasteiger partial charge in [-0.05, 0) is 24.1 Å². The fraction of sp³-hybridized carbons (Fsp3) is 0.222. The Morgan fingerprint density at radius 3 is 2.86 bits per heavy atom. The van der Waals surface area contributed by atoms with Gasteiger partial charge >= 0.3 is 0 Å². The second-order valence-corrected chi connectivity index (χ2v) is 3.79. The number of amides is 1. The van der Waals surface area contributed by atoms with Gasteiger partial charge in [-0.15, -0.1) is 0 Å². The number of hydrogen-bond acceptors (Lipinski definition) is 3. The van der Waals surface area contributed by atoms with Gasteiger partial charge in [-0.3, -0.25) is 10.2 Å². The lowest BCUT2D eigenvalue weighted by Crippen LogP contribution is -2.33. The minimum atomic E-state index is -0.585. The van der Waals surface area contributed by atoms with Crippen molar-refractivity contribution < 1.29 is 4.79 Å². The minimum Gasteiger partial charge on any atom is -0.293 e. The van der Waals surface area contributed by atoms with Crippen LogP contribution in [0.25, 0.3) is 0 Å². The van der Waals surface area contributed by atoms with E-state index in [4.69, 9.17) is 17.4 Å². The summed E-state index contributed by atoms with van der Waals surface area (Å²) in [5, 5.41) is 0.0325. The van der Waals surface area contributed by atoms with Crippen LogP contribution < -0.4 is 11.3 Å². The van der Waals surface area contributed by atoms with Crippen LogP contribution in [0.2, 0.25) is 5.02 Å². The van der Waals surface area contributed by atoms with Crippen LogP contribution in [-0.4, -0.2) is 5.91 Å². The Balaban J connectivity index is 3.07. The zero-order valence-electron chi connectivity index (χ0n) is 7.62. The molecular weight excluding hydrogens is 220 g/mol. The fourth-order valence-electron chi connectivity index (χ4n) is 1.14. The number of nitrogens with one attached hydrogen (secondary N) is 1. The minimum absolute atomic E-state index is 0.348. The summed E-state index contributed by atoms with van der Waals surface area (Å²) >= 11 is 10.1. The predicted octanol–water partition coefficient (Wildman–Crippen LogP) is 1.61. The largest absolute Gasteiger partial charge is 0.293 e. The quantitative estimate of drug-likeness (QED) is 0.313. The fourth-order valence-corrected chi connectivity index (χ4v) is 1.68. The number of benzene rings is 1. The molecule has 0 heterocycles. The van der Waals surface area contributed by atoms with E-state index >= 15 is 0 Å². The van der Waals surface area contributed by atoms with E-state index in [0.29, 0.717) is 5.02 Å². The first kappa shape index (κ1) is 11.4. The number of thiol groups is 1. The highest BCUT2D eigenvalue weighted by Crippen LogP contribution is 2.27. The van der Waals surface area contributed by atoms with Gasteiger partial charge < -0.3 is 0 Å². The normalized spacial score (nSPS) is 12.3. The van der Waals surface area contributed by atoms with Crippen LogP contribution in [0.4, 0.5) is 0 Å². The lowest BCUT2D eigenvalue weighted by Gasteiger charge is -2.12. The molecule has 0 aromatic heterocycles. The van der Waals surface area contributed by atoms with Crippen LogP contribution in [0.3, 0.4) is 0 Å². The lowest BCUT2D eigenvalue weighted by molar-refractivity contribution is -0.120. The summed E-state index contributed by atoms with van der Waals surface area (Å²) in [7, 11) is 0. The van der Waals surface area contributed by atoms with Crippen LogP contribution in [-0.2, 0) is 4.79 Å². The summed E-state index contributed by atoms with van der Waals surface area (Å²) in [5.74, 6) is 4.67. The van der Waals surface area contributed by atoms with E-state index in [0.717, 1.165) is 11.1 Å². The summed E-state index contributed by atoms with van der Waals surface area (Å²) in [4.78, 5) is 11.2. The zero-order valence-corrected chi connectivity index (χ0v) is 9.27. The van der Waals surface area contributed by atoms with Gasteiger partial charge in [0, 0.05) is 5.02 Å². The SMILES string of the molecule is Cc1c(Cl)cccc1C(S)C(=O)NN. The maximum Gasteiger partial charge on any atom is 0.251 e. The molecule has 3 nitrogen and oxygen atoms in total. The van der Waals surface area contributed by atoms with E-state index in [-0.39, 0.29) is 5.91 Å². The second kappa shape index (κ2) is 4.68. The highest BCUT2D eigenvalue weighted by molar-refractivity contribution is 7.81. The zero-order chi connectivity index (χ0) is 10.7. The maximum atomic E-state index is 11.2. The Kier molecular flexibility index (Phi) is 3.80. The summed E-state index contributed by atoms with van der Waals surface area (Å²) in [6.45, 7) is 1.84. The third-order valence-electron chi connectivity index (χ3n) is 1.99. The molecule has 0 aliphatic rings. The first-order valence-electron chi connectivity index (χ1n) is 4.01. The molecule has 1 aromatic carbocycles. The molecule has 0 fully saturated rings. The van der Waals surface area contributed by atoms with Gasteiger partial charge in [0.2, 0.25) is 0 Å². The highest BCUT2D eigenvalue weighted by Gasteiger charge is 2.17. The summed E-state index contributed by atoms with van der Waals surface area (Å²) in [6, 6.07) is 5.34. The Hall–Kier alpha value is -0.710. The number of carbonyl (C=O) groups is 1. The van der Waals surface area contributed by atoms with E-state index in [1.54, 1.807) is 18.2 Å². The number of halogens is 1. The van der Waals surface area contributed by atoms with Gasteiger partial charge in [0.15, 0.2) is 0 Å². The third kappa shape index (κ3) is 2.20. The molecule has 1 amide bonds. The van der Waals surface area contributed by atoms with Gasteiger partial charge in [-0.25, -0.2) is 5.84 Å².